The molecule has 15 nitrogen and oxygen atoms in total. The van der Waals surface area contributed by atoms with Crippen LogP contribution in [0.25, 0.3) is 0 Å². The predicted octanol–water partition coefficient (Wildman–Crippen LogP) is 26.6. The maximum absolute atomic E-state index is 12.4. The maximum atomic E-state index is 12.4. The second-order valence-electron chi connectivity index (χ2n) is 36.4. The first-order valence-corrected chi connectivity index (χ1v) is 42.4. The van der Waals surface area contributed by atoms with Gasteiger partial charge in [-0.1, -0.05) is 93.7 Å². The number of allylic oxidation sites excluding steroid dienone is 5. The number of esters is 2. The highest BCUT2D eigenvalue weighted by molar-refractivity contribution is 5.83. The fraction of sp³-hybridized carbons (Fsp3) is 0.859. The first-order chi connectivity index (χ1) is 67.7. The first-order valence-electron chi connectivity index (χ1n) is 60.4. The molecule has 4 N–H and O–H groups in total. The van der Waals surface area contributed by atoms with Crippen LogP contribution >= 0.6 is 0 Å². The Kier molecular flexibility index (Phi) is 31.2. The zero-order valence-corrected chi connectivity index (χ0v) is 66.9. The van der Waals surface area contributed by atoms with Gasteiger partial charge in [0, 0.05) is 93.6 Å². The van der Waals surface area contributed by atoms with E-state index in [1.165, 1.54) is 116 Å². The summed E-state index contributed by atoms with van der Waals surface area (Å²) in [5.41, 5.74) is 0.811. The lowest BCUT2D eigenvalue weighted by molar-refractivity contribution is -0.169. The minimum absolute atomic E-state index is 0. The number of aliphatic carboxylic acids is 2. The molecule has 18 aliphatic carbocycles. The van der Waals surface area contributed by atoms with Gasteiger partial charge in [-0.25, -0.2) is 0 Å². The number of hydrogen-bond acceptors (Lipinski definition) is 13. The average molecular weight is 1580 g/mol. The van der Waals surface area contributed by atoms with Crippen LogP contribution in [-0.4, -0.2) is 114 Å². The van der Waals surface area contributed by atoms with Gasteiger partial charge in [-0.3, -0.25) is 24.0 Å². The number of ketones is 1. The van der Waals surface area contributed by atoms with Crippen molar-refractivity contribution in [3.8, 4) is 0 Å². The van der Waals surface area contributed by atoms with Crippen LogP contribution in [-0.2, 0) is 52.4 Å². The second kappa shape index (κ2) is 47.7. The highest BCUT2D eigenvalue weighted by Gasteiger charge is 2.50. The third-order valence-electron chi connectivity index (χ3n) is 26.8. The number of fused-ring (bicyclic) bond motifs is 11. The van der Waals surface area contributed by atoms with Gasteiger partial charge < -0.3 is 50.3 Å². The molecule has 0 spiro atoms. The fourth-order valence-electron chi connectivity index (χ4n) is 20.3. The molecule has 0 heterocycles. The van der Waals surface area contributed by atoms with Gasteiger partial charge in [-0.15, -0.1) is 19.7 Å². The van der Waals surface area contributed by atoms with Gasteiger partial charge in [-0.05, 0) is 339 Å². The molecule has 18 aliphatic rings. The van der Waals surface area contributed by atoms with Crippen LogP contribution < -0.4 is 0 Å². The van der Waals surface area contributed by atoms with E-state index in [4.69, 9.17) is 81.9 Å². The minimum atomic E-state index is -0.923. The van der Waals surface area contributed by atoms with Crippen molar-refractivity contribution in [3.05, 3.63) is 49.6 Å². The van der Waals surface area contributed by atoms with Crippen LogP contribution in [0.2, 0.25) is 0 Å². The Morgan fingerprint density at radius 2 is 0.841 bits per heavy atom. The highest BCUT2D eigenvalue weighted by Crippen LogP contribution is 2.55. The summed E-state index contributed by atoms with van der Waals surface area (Å²) < 4.78 is 214. The zero-order chi connectivity index (χ0) is 112. The number of carboxylic acids is 2. The number of carboxylic acid groups (broad SMARTS) is 2. The summed E-state index contributed by atoms with van der Waals surface area (Å²) in [5.74, 6) is 8.16. The minimum Gasteiger partial charge on any atom is -1.00 e. The molecule has 15 heteroatoms. The van der Waals surface area contributed by atoms with E-state index in [-0.39, 0.29) is 86.9 Å². The smallest absolute Gasteiger partial charge is 0.307 e. The summed E-state index contributed by atoms with van der Waals surface area (Å²) in [6.07, 6.45) is 48.2. The number of rotatable bonds is 36. The Labute approximate surface area is 710 Å². The van der Waals surface area contributed by atoms with Crippen LogP contribution in [0.3, 0.4) is 0 Å². The van der Waals surface area contributed by atoms with E-state index in [1.54, 1.807) is 5.57 Å². The van der Waals surface area contributed by atoms with E-state index in [9.17, 15) is 44.4 Å². The summed E-state index contributed by atoms with van der Waals surface area (Å²) in [6, 6.07) is 0. The van der Waals surface area contributed by atoms with Crippen LogP contribution in [0.5, 0.6) is 0 Å². The molecular weight excluding hydrogens is 1340 g/mol. The summed E-state index contributed by atoms with van der Waals surface area (Å²) >= 11 is 0. The molecule has 0 radical (unpaired) electrons. The van der Waals surface area contributed by atoms with E-state index < -0.39 is 34.6 Å². The monoisotopic (exact) mass is 1580 g/mol. The Balaban J connectivity index is -0.0000000854. The number of Topliss-reactive ketones (excluding diaryl/α,β-unsaturated/α-hetero) is 1. The van der Waals surface area contributed by atoms with Crippen molar-refractivity contribution in [2.24, 2.45) is 117 Å². The molecule has 0 aromatic carbocycles. The Morgan fingerprint density at radius 3 is 1.14 bits per heavy atom. The summed E-state index contributed by atoms with van der Waals surface area (Å²) in [5, 5.41) is 38.7. The second-order valence-corrected chi connectivity index (χ2v) is 36.4. The Morgan fingerprint density at radius 1 is 0.495 bits per heavy atom. The Hall–Kier alpha value is -3.73. The predicted molar refractivity (Wildman–Crippen MR) is 474 cm³/mol. The van der Waals surface area contributed by atoms with Crippen LogP contribution in [0, 0.1) is 117 Å². The standard InChI is InChI=1S/2C20H32O4.C15H28O3.C15H26O2.C12H20O.C7H10O.3CH4.19H2.H/c2*1-5-6-7-8-15-14-9-13(10-14)11-17(15)24-18(21)12-16(19(22)23)20(2,3)4;1-3-17-15(18-4-2)7-5-6-13-12-8-11(9-12)10-14(13)16;1-3-16-15(17-4-2)7-5-6-13-9-8-12-10-14(13)11-12;1-2-3-4-5-11-10-6-9(7-10)8-12(11)13;8-7-2-1-5-3-6(7)4-5;;;;;;;;;;;;;;;;;;;;;;;/h2*5,13-17H,1,6-12H2,2-4H3,(H,22,23);11-16H,3-10H2,1-2H3;9,12,14-15H,3-8,10-11H2,1-2H3;2,9-13H,1,3-8H2;5-6H,1-4H2;3*1H4;19*1H;/q;;;;;;;;;;;;;;;;;;;;;;;;;;;;-1/t13?,14?,15-,16+,17-;13?,14?,15-,16-,17-;11?,12?,13-,14-;;9?,10?,11-,12-;;;;;;;;;;;;;;;;;;;;;;;;/m011.1......................../s1/i;;;;;;;;;18*1+1D;2*1+1. The lowest BCUT2D eigenvalue weighted by Gasteiger charge is -2.50. The van der Waals surface area contributed by atoms with Crippen molar-refractivity contribution in [1.29, 1.82) is 0 Å². The molecule has 10 atom stereocenters. The van der Waals surface area contributed by atoms with Crippen molar-refractivity contribution >= 4 is 29.7 Å². The van der Waals surface area contributed by atoms with Crippen molar-refractivity contribution in [2.45, 2.75) is 360 Å². The number of carbonyl (C=O) groups excluding carboxylic acids is 3. The van der Waals surface area contributed by atoms with Crippen molar-refractivity contribution in [3.63, 3.8) is 0 Å². The number of carbonyl (C=O) groups is 5. The quantitative estimate of drug-likeness (QED) is 0.0198. The first kappa shape index (κ1) is 69.9. The molecule has 107 heavy (non-hydrogen) atoms. The van der Waals surface area contributed by atoms with Gasteiger partial charge in [-0.2, -0.15) is 0 Å². The SMILES string of the molecule is C.C.C.C=CCCC[C@@H]1C2CC(C2)C[C@H]1O.C=CCCC[C@@H]1C2CC(C2)C[C@H]1OC(=O)C[C@H](C(=O)O)C(C)(C)C.C=CCCC[C@H]1C2CC(C2)C[C@@H]1OC(=O)C[C@H](C(=O)O)C(C)(C)C.CCOC(CCCC1=CCC2CC1C2)OCC.CCOC(CCC[C@@H]1C2CC(C2)C[C@H]1O)OCC.O=C1CCC2CC1C2.[2H-].[2HH].[2H][2H].[2H][2H].[2H][2H].[2H][2H].[2H][2H].[2H][2H].[2H][2H].[2H][2H].[2H][2H].[2H][2H].[2H][2H].[2H][2H].[2H][2H].[2H][2H].[2H][2H].[2H][2H].[2H][2H].[2H][2H]. The maximum Gasteiger partial charge on any atom is 0.307 e. The molecule has 0 saturated heterocycles. The largest absolute Gasteiger partial charge is 1.00 e. The van der Waals surface area contributed by atoms with E-state index >= 15 is 0 Å². The van der Waals surface area contributed by atoms with E-state index in [2.05, 4.69) is 25.8 Å². The molecule has 0 amide bonds. The van der Waals surface area contributed by atoms with Crippen molar-refractivity contribution in [2.75, 3.05) is 26.4 Å². The third-order valence-corrected chi connectivity index (χ3v) is 26.8. The number of ether oxygens (including phenoxy) is 6. The number of hydrogen-bond donors (Lipinski definition) is 4. The fourth-order valence-corrected chi connectivity index (χ4v) is 20.3. The van der Waals surface area contributed by atoms with E-state index in [1.807, 2.05) is 87.5 Å². The lowest BCUT2D eigenvalue weighted by atomic mass is 9.58. The summed E-state index contributed by atoms with van der Waals surface area (Å²) in [6.45, 7) is 33.4. The summed E-state index contributed by atoms with van der Waals surface area (Å²) in [4.78, 5) is 58.5. The van der Waals surface area contributed by atoms with Gasteiger partial charge in [0.05, 0.1) is 36.9 Å². The van der Waals surface area contributed by atoms with Gasteiger partial charge in [0.15, 0.2) is 12.6 Å². The van der Waals surface area contributed by atoms with Crippen LogP contribution in [0.1, 0.15) is 379 Å². The summed E-state index contributed by atoms with van der Waals surface area (Å²) in [7, 11) is 0. The average Bonchev–Trinajstić information content (AvgIpc) is 0.770. The molecule has 16 saturated carbocycles. The zero-order valence-electron chi connectivity index (χ0n) is 104. The molecule has 12 bridgehead atoms. The van der Waals surface area contributed by atoms with Crippen molar-refractivity contribution in [1.82, 2.24) is 0 Å². The van der Waals surface area contributed by atoms with Crippen LogP contribution in [0.4, 0.5) is 0 Å². The molecule has 0 aliphatic heterocycles. The van der Waals surface area contributed by atoms with E-state index in [0.717, 1.165) is 157 Å². The Bertz CT molecular complexity index is 2630. The number of unbranched alkanes of at least 4 members (excludes halogenated alkanes) is 3. The van der Waals surface area contributed by atoms with Crippen LogP contribution in [0.15, 0.2) is 49.6 Å². The molecule has 658 valence electrons. The van der Waals surface area contributed by atoms with E-state index in [0.29, 0.717) is 72.3 Å². The van der Waals surface area contributed by atoms with Gasteiger partial charge >= 0.3 is 23.9 Å². The lowest BCUT2D eigenvalue weighted by Crippen LogP contribution is -2.47. The molecule has 16 fully saturated rings. The third kappa shape index (κ3) is 30.0. The highest BCUT2D eigenvalue weighted by atomic mass is 16.7. The molecule has 0 aromatic heterocycles. The van der Waals surface area contributed by atoms with Gasteiger partial charge in [0.2, 0.25) is 0 Å². The molecule has 18 rings (SSSR count). The van der Waals surface area contributed by atoms with Crippen molar-refractivity contribution < 1.29 is 129 Å². The molecular formula is C92H199O15-. The number of aliphatic hydroxyl groups is 2. The number of aliphatic hydroxyl groups excluding tert-OH is 2. The van der Waals surface area contributed by atoms with Gasteiger partial charge in [0.1, 0.15) is 18.0 Å². The molecule has 0 unspecified atom stereocenters. The molecule has 0 aromatic rings. The normalized spacial score (nSPS) is 33.4. The van der Waals surface area contributed by atoms with Gasteiger partial charge in [0.25, 0.3) is 0 Å². The topological polar surface area (TPSA) is 222 Å².